The van der Waals surface area contributed by atoms with Gasteiger partial charge in [0.05, 0.1) is 14.2 Å². The molecule has 0 saturated carbocycles. The van der Waals surface area contributed by atoms with Crippen molar-refractivity contribution in [1.29, 1.82) is 0 Å². The van der Waals surface area contributed by atoms with E-state index in [4.69, 9.17) is 0 Å². The summed E-state index contributed by atoms with van der Waals surface area (Å²) in [5.74, 6) is -2.25. The SMILES string of the molecule is CCC(=CC(C(=O)OC)C(=O)OC)NCCBr. The van der Waals surface area contributed by atoms with Gasteiger partial charge in [-0.1, -0.05) is 22.9 Å². The average Bonchev–Trinajstić information content (AvgIpc) is 2.37. The Balaban J connectivity index is 4.84. The zero-order valence-electron chi connectivity index (χ0n) is 10.3. The number of nitrogens with one attached hydrogen (secondary N) is 1. The molecule has 0 bridgehead atoms. The van der Waals surface area contributed by atoms with Crippen molar-refractivity contribution in [3.63, 3.8) is 0 Å². The lowest BCUT2D eigenvalue weighted by atomic mass is 10.1. The smallest absolute Gasteiger partial charge is 0.324 e. The summed E-state index contributed by atoms with van der Waals surface area (Å²) in [5, 5.41) is 3.89. The molecule has 0 aromatic rings. The zero-order valence-corrected chi connectivity index (χ0v) is 11.9. The van der Waals surface area contributed by atoms with Crippen molar-refractivity contribution in [3.05, 3.63) is 11.8 Å². The molecule has 0 aliphatic heterocycles. The Hall–Kier alpha value is -1.04. The van der Waals surface area contributed by atoms with E-state index in [0.29, 0.717) is 6.42 Å². The lowest BCUT2D eigenvalue weighted by molar-refractivity contribution is -0.156. The van der Waals surface area contributed by atoms with E-state index < -0.39 is 17.9 Å². The fourth-order valence-electron chi connectivity index (χ4n) is 1.20. The summed E-state index contributed by atoms with van der Waals surface area (Å²) in [6.07, 6.45) is 2.23. The van der Waals surface area contributed by atoms with Crippen molar-refractivity contribution >= 4 is 27.9 Å². The Bertz CT molecular complexity index is 275. The molecular formula is C11H18BrNO4. The number of allylic oxidation sites excluding steroid dienone is 1. The van der Waals surface area contributed by atoms with Gasteiger partial charge in [0.15, 0.2) is 5.92 Å². The molecule has 0 spiro atoms. The minimum atomic E-state index is -1.01. The minimum Gasteiger partial charge on any atom is -0.468 e. The summed E-state index contributed by atoms with van der Waals surface area (Å²) in [4.78, 5) is 22.9. The molecule has 6 heteroatoms. The Morgan fingerprint density at radius 3 is 2.18 bits per heavy atom. The topological polar surface area (TPSA) is 64.6 Å². The fraction of sp³-hybridized carbons (Fsp3) is 0.636. The van der Waals surface area contributed by atoms with Crippen LogP contribution in [0.2, 0.25) is 0 Å². The summed E-state index contributed by atoms with van der Waals surface area (Å²) < 4.78 is 9.13. The maximum atomic E-state index is 11.4. The average molecular weight is 308 g/mol. The number of alkyl halides is 1. The van der Waals surface area contributed by atoms with Gasteiger partial charge in [-0.2, -0.15) is 0 Å². The van der Waals surface area contributed by atoms with Gasteiger partial charge in [0.25, 0.3) is 0 Å². The van der Waals surface area contributed by atoms with Crippen molar-refractivity contribution in [3.8, 4) is 0 Å². The number of hydrogen-bond donors (Lipinski definition) is 1. The monoisotopic (exact) mass is 307 g/mol. The van der Waals surface area contributed by atoms with Gasteiger partial charge in [-0.05, 0) is 12.5 Å². The van der Waals surface area contributed by atoms with Crippen LogP contribution in [0.4, 0.5) is 0 Å². The second-order valence-corrected chi connectivity index (χ2v) is 3.98. The number of hydrogen-bond acceptors (Lipinski definition) is 5. The number of esters is 2. The van der Waals surface area contributed by atoms with Crippen LogP contribution < -0.4 is 5.32 Å². The standard InChI is InChI=1S/C11H18BrNO4/c1-4-8(13-6-5-12)7-9(10(14)16-2)11(15)17-3/h7,9,13H,4-6H2,1-3H3. The van der Waals surface area contributed by atoms with Gasteiger partial charge < -0.3 is 14.8 Å². The molecule has 98 valence electrons. The first-order chi connectivity index (χ1) is 8.10. The van der Waals surface area contributed by atoms with Crippen LogP contribution in [-0.2, 0) is 19.1 Å². The molecule has 0 aliphatic rings. The lowest BCUT2D eigenvalue weighted by Crippen LogP contribution is -2.27. The number of halogens is 1. The van der Waals surface area contributed by atoms with E-state index in [2.05, 4.69) is 30.7 Å². The van der Waals surface area contributed by atoms with Crippen molar-refractivity contribution in [2.45, 2.75) is 13.3 Å². The minimum absolute atomic E-state index is 0.622. The molecular weight excluding hydrogens is 290 g/mol. The number of carbonyl (C=O) groups excluding carboxylic acids is 2. The number of methoxy groups -OCH3 is 2. The predicted octanol–water partition coefficient (Wildman–Crippen LogP) is 1.23. The number of ether oxygens (including phenoxy) is 2. The first-order valence-corrected chi connectivity index (χ1v) is 6.39. The van der Waals surface area contributed by atoms with Gasteiger partial charge in [0.2, 0.25) is 0 Å². The third-order valence-corrected chi connectivity index (χ3v) is 2.50. The van der Waals surface area contributed by atoms with Crippen molar-refractivity contribution in [2.24, 2.45) is 5.92 Å². The summed E-state index contributed by atoms with van der Waals surface area (Å²) in [7, 11) is 2.48. The molecule has 0 aromatic carbocycles. The molecule has 0 fully saturated rings. The van der Waals surface area contributed by atoms with Crippen LogP contribution in [0, 0.1) is 5.92 Å². The molecule has 0 rings (SSSR count). The Kier molecular flexibility index (Phi) is 8.49. The van der Waals surface area contributed by atoms with E-state index >= 15 is 0 Å². The molecule has 0 radical (unpaired) electrons. The second kappa shape index (κ2) is 9.04. The third kappa shape index (κ3) is 5.72. The van der Waals surface area contributed by atoms with Crippen LogP contribution in [0.5, 0.6) is 0 Å². The largest absolute Gasteiger partial charge is 0.468 e. The summed E-state index contributed by atoms with van der Waals surface area (Å²) in [5.41, 5.74) is 0.810. The van der Waals surface area contributed by atoms with Crippen LogP contribution in [0.3, 0.4) is 0 Å². The molecule has 0 atom stereocenters. The Labute approximate surface area is 110 Å². The molecule has 0 aliphatic carbocycles. The summed E-state index contributed by atoms with van der Waals surface area (Å²) in [6, 6.07) is 0. The van der Waals surface area contributed by atoms with Crippen LogP contribution in [-0.4, -0.2) is 38.0 Å². The first kappa shape index (κ1) is 16.0. The predicted molar refractivity (Wildman–Crippen MR) is 67.7 cm³/mol. The quantitative estimate of drug-likeness (QED) is 0.435. The first-order valence-electron chi connectivity index (χ1n) is 5.26. The molecule has 5 nitrogen and oxygen atoms in total. The highest BCUT2D eigenvalue weighted by molar-refractivity contribution is 9.09. The lowest BCUT2D eigenvalue weighted by Gasteiger charge is -2.12. The van der Waals surface area contributed by atoms with Crippen LogP contribution >= 0.6 is 15.9 Å². The van der Waals surface area contributed by atoms with Gasteiger partial charge in [0.1, 0.15) is 0 Å². The molecule has 0 heterocycles. The highest BCUT2D eigenvalue weighted by Gasteiger charge is 2.26. The van der Waals surface area contributed by atoms with E-state index in [-0.39, 0.29) is 0 Å². The van der Waals surface area contributed by atoms with Gasteiger partial charge in [-0.15, -0.1) is 0 Å². The van der Waals surface area contributed by atoms with Crippen molar-refractivity contribution < 1.29 is 19.1 Å². The van der Waals surface area contributed by atoms with E-state index in [1.807, 2.05) is 6.92 Å². The zero-order chi connectivity index (χ0) is 13.3. The Morgan fingerprint density at radius 1 is 1.29 bits per heavy atom. The van der Waals surface area contributed by atoms with Crippen molar-refractivity contribution in [2.75, 3.05) is 26.1 Å². The van der Waals surface area contributed by atoms with E-state index in [1.165, 1.54) is 14.2 Å². The number of carbonyl (C=O) groups is 2. The van der Waals surface area contributed by atoms with E-state index in [9.17, 15) is 9.59 Å². The fourth-order valence-corrected chi connectivity index (χ4v) is 1.40. The maximum absolute atomic E-state index is 11.4. The summed E-state index contributed by atoms with van der Waals surface area (Å²) in [6.45, 7) is 2.65. The van der Waals surface area contributed by atoms with E-state index in [0.717, 1.165) is 17.6 Å². The highest BCUT2D eigenvalue weighted by atomic mass is 79.9. The highest BCUT2D eigenvalue weighted by Crippen LogP contribution is 2.09. The van der Waals surface area contributed by atoms with Gasteiger partial charge in [-0.3, -0.25) is 9.59 Å². The third-order valence-electron chi connectivity index (χ3n) is 2.11. The van der Waals surface area contributed by atoms with Crippen molar-refractivity contribution in [1.82, 2.24) is 5.32 Å². The maximum Gasteiger partial charge on any atom is 0.324 e. The van der Waals surface area contributed by atoms with Gasteiger partial charge >= 0.3 is 11.9 Å². The van der Waals surface area contributed by atoms with Gasteiger partial charge in [-0.25, -0.2) is 0 Å². The molecule has 17 heavy (non-hydrogen) atoms. The Morgan fingerprint density at radius 2 is 1.82 bits per heavy atom. The molecule has 0 saturated heterocycles. The molecule has 0 amide bonds. The number of rotatable bonds is 7. The normalized spacial score (nSPS) is 11.2. The second-order valence-electron chi connectivity index (χ2n) is 3.19. The van der Waals surface area contributed by atoms with Crippen LogP contribution in [0.1, 0.15) is 13.3 Å². The van der Waals surface area contributed by atoms with Crippen LogP contribution in [0.15, 0.2) is 11.8 Å². The molecule has 1 N–H and O–H groups in total. The molecule has 0 unspecified atom stereocenters. The van der Waals surface area contributed by atoms with Crippen LogP contribution in [0.25, 0.3) is 0 Å². The van der Waals surface area contributed by atoms with Gasteiger partial charge in [0, 0.05) is 17.6 Å². The van der Waals surface area contributed by atoms with E-state index in [1.54, 1.807) is 6.08 Å². The summed E-state index contributed by atoms with van der Waals surface area (Å²) >= 11 is 3.29. The molecule has 0 aromatic heterocycles.